The molecule has 3 heterocycles. The van der Waals surface area contributed by atoms with Gasteiger partial charge in [-0.25, -0.2) is 0 Å². The minimum Gasteiger partial charge on any atom is -0.390 e. The number of aliphatic hydroxyl groups is 1. The van der Waals surface area contributed by atoms with E-state index in [4.69, 9.17) is 0 Å². The van der Waals surface area contributed by atoms with Gasteiger partial charge in [-0.2, -0.15) is 0 Å². The minimum absolute atomic E-state index is 0.123. The fraction of sp³-hybridized carbons (Fsp3) is 1.00. The van der Waals surface area contributed by atoms with Crippen LogP contribution in [0.2, 0.25) is 0 Å². The first-order valence-corrected chi connectivity index (χ1v) is 4.40. The largest absolute Gasteiger partial charge is 0.390 e. The Hall–Kier alpha value is -0.120. The van der Waals surface area contributed by atoms with E-state index in [1.54, 1.807) is 0 Å². The lowest BCUT2D eigenvalue weighted by Gasteiger charge is -2.34. The van der Waals surface area contributed by atoms with Gasteiger partial charge >= 0.3 is 0 Å². The van der Waals surface area contributed by atoms with E-state index in [9.17, 15) is 5.11 Å². The molecular weight excluding hydrogens is 140 g/mol. The lowest BCUT2D eigenvalue weighted by Crippen LogP contribution is -2.48. The molecule has 2 bridgehead atoms. The predicted molar refractivity (Wildman–Crippen MR) is 43.5 cm³/mol. The van der Waals surface area contributed by atoms with Crippen LogP contribution >= 0.6 is 0 Å². The van der Waals surface area contributed by atoms with Crippen molar-refractivity contribution in [3.05, 3.63) is 0 Å². The Kier molecular flexibility index (Phi) is 1.87. The van der Waals surface area contributed by atoms with Crippen LogP contribution in [0.5, 0.6) is 0 Å². The van der Waals surface area contributed by atoms with E-state index in [0.29, 0.717) is 6.04 Å². The molecule has 0 radical (unpaired) electrons. The summed E-state index contributed by atoms with van der Waals surface area (Å²) in [4.78, 5) is 4.74. The van der Waals surface area contributed by atoms with Crippen LogP contribution in [0, 0.1) is 0 Å². The summed E-state index contributed by atoms with van der Waals surface area (Å²) < 4.78 is 0. The molecule has 4 unspecified atom stereocenters. The highest BCUT2D eigenvalue weighted by Crippen LogP contribution is 2.14. The van der Waals surface area contributed by atoms with Crippen LogP contribution in [-0.4, -0.2) is 59.8 Å². The van der Waals surface area contributed by atoms with E-state index >= 15 is 0 Å². The zero-order chi connectivity index (χ0) is 7.84. The number of hydrogen-bond donors (Lipinski definition) is 1. The Bertz CT molecular complexity index is 149. The third-order valence-corrected chi connectivity index (χ3v) is 2.76. The van der Waals surface area contributed by atoms with Crippen LogP contribution in [0.3, 0.4) is 0 Å². The van der Waals surface area contributed by atoms with Crippen molar-refractivity contribution in [2.24, 2.45) is 0 Å². The molecule has 0 aromatic carbocycles. The number of hydrogen-bond acceptors (Lipinski definition) is 3. The van der Waals surface area contributed by atoms with Crippen LogP contribution in [0.25, 0.3) is 0 Å². The Morgan fingerprint density at radius 3 is 2.73 bits per heavy atom. The summed E-state index contributed by atoms with van der Waals surface area (Å²) in [7, 11) is 0. The minimum atomic E-state index is -0.123. The van der Waals surface area contributed by atoms with Gasteiger partial charge in [0.2, 0.25) is 0 Å². The van der Waals surface area contributed by atoms with Crippen molar-refractivity contribution in [2.45, 2.75) is 19.1 Å². The van der Waals surface area contributed by atoms with Crippen LogP contribution in [0.1, 0.15) is 6.92 Å². The Labute approximate surface area is 67.6 Å². The van der Waals surface area contributed by atoms with Crippen molar-refractivity contribution in [2.75, 3.05) is 32.7 Å². The summed E-state index contributed by atoms with van der Waals surface area (Å²) in [5, 5.41) is 9.50. The topological polar surface area (TPSA) is 26.7 Å². The summed E-state index contributed by atoms with van der Waals surface area (Å²) in [5.74, 6) is 0. The van der Waals surface area contributed by atoms with E-state index in [0.717, 1.165) is 32.7 Å². The standard InChI is InChI=1S/C8H16N2O/c1-7-4-9-2-3-10(7)6-8(11)5-9/h7-8,11H,2-6H2,1H3. The van der Waals surface area contributed by atoms with Gasteiger partial charge < -0.3 is 5.11 Å². The molecule has 11 heavy (non-hydrogen) atoms. The summed E-state index contributed by atoms with van der Waals surface area (Å²) in [6.07, 6.45) is -0.123. The van der Waals surface area contributed by atoms with Crippen molar-refractivity contribution >= 4 is 0 Å². The Balaban J connectivity index is 2.10. The molecule has 0 aliphatic carbocycles. The van der Waals surface area contributed by atoms with Crippen molar-refractivity contribution in [1.82, 2.24) is 9.80 Å². The van der Waals surface area contributed by atoms with Crippen LogP contribution in [0.4, 0.5) is 0 Å². The number of rotatable bonds is 0. The zero-order valence-electron chi connectivity index (χ0n) is 7.03. The number of nitrogens with zero attached hydrogens (tertiary/aromatic N) is 2. The SMILES string of the molecule is CC1CN2CCN1CC(O)C2. The van der Waals surface area contributed by atoms with Gasteiger partial charge in [0, 0.05) is 38.8 Å². The van der Waals surface area contributed by atoms with Gasteiger partial charge in [-0.15, -0.1) is 0 Å². The van der Waals surface area contributed by atoms with Gasteiger partial charge in [-0.1, -0.05) is 0 Å². The van der Waals surface area contributed by atoms with Crippen molar-refractivity contribution in [3.8, 4) is 0 Å². The first-order chi connectivity index (χ1) is 5.25. The third-order valence-electron chi connectivity index (χ3n) is 2.76. The van der Waals surface area contributed by atoms with Gasteiger partial charge in [-0.3, -0.25) is 9.80 Å². The average Bonchev–Trinajstić information content (AvgIpc) is 2.16. The van der Waals surface area contributed by atoms with Gasteiger partial charge in [0.05, 0.1) is 6.10 Å². The summed E-state index contributed by atoms with van der Waals surface area (Å²) >= 11 is 0. The molecule has 0 aromatic heterocycles. The molecule has 3 aliphatic rings. The van der Waals surface area contributed by atoms with Crippen molar-refractivity contribution in [1.29, 1.82) is 0 Å². The van der Waals surface area contributed by atoms with Crippen LogP contribution < -0.4 is 0 Å². The highest BCUT2D eigenvalue weighted by Gasteiger charge is 2.30. The summed E-state index contributed by atoms with van der Waals surface area (Å²) in [6, 6.07) is 0.640. The summed E-state index contributed by atoms with van der Waals surface area (Å²) in [5.41, 5.74) is 0. The molecule has 4 atom stereocenters. The van der Waals surface area contributed by atoms with Crippen molar-refractivity contribution < 1.29 is 5.11 Å². The number of piperazine rings is 1. The molecule has 64 valence electrons. The van der Waals surface area contributed by atoms with Gasteiger partial charge in [-0.05, 0) is 6.92 Å². The number of fused-ring (bicyclic) bond motifs is 4. The van der Waals surface area contributed by atoms with Gasteiger partial charge in [0.1, 0.15) is 0 Å². The van der Waals surface area contributed by atoms with Crippen LogP contribution in [0.15, 0.2) is 0 Å². The lowest BCUT2D eigenvalue weighted by molar-refractivity contribution is 0.118. The monoisotopic (exact) mass is 156 g/mol. The third kappa shape index (κ3) is 1.41. The Morgan fingerprint density at radius 1 is 1.18 bits per heavy atom. The highest BCUT2D eigenvalue weighted by molar-refractivity contribution is 4.86. The maximum Gasteiger partial charge on any atom is 0.0793 e. The zero-order valence-corrected chi connectivity index (χ0v) is 7.03. The maximum absolute atomic E-state index is 9.50. The maximum atomic E-state index is 9.50. The predicted octanol–water partition coefficient (Wildman–Crippen LogP) is -0.633. The number of aliphatic hydroxyl groups excluding tert-OH is 1. The molecule has 0 aromatic rings. The molecule has 3 saturated heterocycles. The molecular formula is C8H16N2O. The van der Waals surface area contributed by atoms with Gasteiger partial charge in [0.15, 0.2) is 0 Å². The quantitative estimate of drug-likeness (QED) is 0.506. The molecule has 3 heteroatoms. The molecule has 3 rings (SSSR count). The molecule has 0 amide bonds. The molecule has 3 aliphatic heterocycles. The second-order valence-electron chi connectivity index (χ2n) is 3.76. The summed E-state index contributed by atoms with van der Waals surface area (Å²) in [6.45, 7) is 7.40. The second-order valence-corrected chi connectivity index (χ2v) is 3.76. The second kappa shape index (κ2) is 2.73. The highest BCUT2D eigenvalue weighted by atomic mass is 16.3. The molecule has 0 spiro atoms. The first-order valence-electron chi connectivity index (χ1n) is 4.40. The average molecular weight is 156 g/mol. The Morgan fingerprint density at radius 2 is 2.00 bits per heavy atom. The van der Waals surface area contributed by atoms with Crippen molar-refractivity contribution in [3.63, 3.8) is 0 Å². The van der Waals surface area contributed by atoms with E-state index in [1.165, 1.54) is 0 Å². The fourth-order valence-electron chi connectivity index (χ4n) is 2.13. The van der Waals surface area contributed by atoms with E-state index in [1.807, 2.05) is 0 Å². The lowest BCUT2D eigenvalue weighted by atomic mass is 10.2. The smallest absolute Gasteiger partial charge is 0.0793 e. The first kappa shape index (κ1) is 7.53. The molecule has 3 fully saturated rings. The molecule has 1 N–H and O–H groups in total. The molecule has 0 saturated carbocycles. The van der Waals surface area contributed by atoms with E-state index < -0.39 is 0 Å². The van der Waals surface area contributed by atoms with E-state index in [-0.39, 0.29) is 6.10 Å². The van der Waals surface area contributed by atoms with Gasteiger partial charge in [0.25, 0.3) is 0 Å². The van der Waals surface area contributed by atoms with Crippen LogP contribution in [-0.2, 0) is 0 Å². The van der Waals surface area contributed by atoms with E-state index in [2.05, 4.69) is 16.7 Å². The fourth-order valence-corrected chi connectivity index (χ4v) is 2.13. The molecule has 3 nitrogen and oxygen atoms in total. The normalized spacial score (nSPS) is 50.7.